The molecule has 0 aliphatic heterocycles. The summed E-state index contributed by atoms with van der Waals surface area (Å²) in [6.45, 7) is 5.57. The number of anilines is 1. The minimum atomic E-state index is -3.82. The van der Waals surface area contributed by atoms with E-state index in [0.29, 0.717) is 11.5 Å². The molecule has 3 aromatic heterocycles. The van der Waals surface area contributed by atoms with Gasteiger partial charge < -0.3 is 4.52 Å². The highest BCUT2D eigenvalue weighted by atomic mass is 32.2. The molecule has 3 rings (SSSR count). The van der Waals surface area contributed by atoms with E-state index in [4.69, 9.17) is 4.52 Å². The van der Waals surface area contributed by atoms with Crippen LogP contribution in [0.5, 0.6) is 0 Å². The smallest absolute Gasteiger partial charge is 0.266 e. The maximum absolute atomic E-state index is 12.7. The number of thiophene rings is 1. The summed E-state index contributed by atoms with van der Waals surface area (Å²) in [6, 6.07) is 5.28. The van der Waals surface area contributed by atoms with Gasteiger partial charge in [-0.15, -0.1) is 11.3 Å². The van der Waals surface area contributed by atoms with Crippen molar-refractivity contribution in [1.29, 1.82) is 0 Å². The summed E-state index contributed by atoms with van der Waals surface area (Å²) in [5.74, 6) is 0.677. The largest absolute Gasteiger partial charge is 0.360 e. The highest BCUT2D eigenvalue weighted by Gasteiger charge is 2.26. The number of nitrogens with one attached hydrogen (secondary N) is 1. The Morgan fingerprint density at radius 2 is 2.17 bits per heavy atom. The minimum absolute atomic E-state index is 0.0481. The number of aromatic nitrogens is 3. The zero-order valence-corrected chi connectivity index (χ0v) is 14.5. The van der Waals surface area contributed by atoms with Crippen molar-refractivity contribution in [2.45, 2.75) is 31.7 Å². The molecule has 9 heteroatoms. The molecule has 0 aliphatic carbocycles. The quantitative estimate of drug-likeness (QED) is 0.761. The Balaban J connectivity index is 2.06. The van der Waals surface area contributed by atoms with E-state index < -0.39 is 10.0 Å². The van der Waals surface area contributed by atoms with Crippen molar-refractivity contribution in [3.63, 3.8) is 0 Å². The lowest BCUT2D eigenvalue weighted by Crippen LogP contribution is -2.13. The first-order valence-corrected chi connectivity index (χ1v) is 9.32. The molecular weight excluding hydrogens is 336 g/mol. The molecule has 0 spiro atoms. The van der Waals surface area contributed by atoms with Crippen LogP contribution in [0.2, 0.25) is 0 Å². The Hall–Kier alpha value is -2.13. The molecule has 3 heterocycles. The summed E-state index contributed by atoms with van der Waals surface area (Å²) >= 11 is 1.44. The van der Waals surface area contributed by atoms with Crippen LogP contribution in [0, 0.1) is 6.92 Å². The molecular formula is C14H16N4O3S2. The SMILES string of the molecule is Cc1cc(NS(=O)(=O)c2cn(C(C)C)nc2-c2cccs2)no1. The van der Waals surface area contributed by atoms with Crippen molar-refractivity contribution < 1.29 is 12.9 Å². The lowest BCUT2D eigenvalue weighted by Gasteiger charge is -2.04. The topological polar surface area (TPSA) is 90.0 Å². The molecule has 0 unspecified atom stereocenters. The van der Waals surface area contributed by atoms with Gasteiger partial charge in [-0.2, -0.15) is 5.10 Å². The number of sulfonamides is 1. The Bertz CT molecular complexity index is 908. The van der Waals surface area contributed by atoms with Gasteiger partial charge in [0.05, 0.1) is 4.88 Å². The zero-order chi connectivity index (χ0) is 16.6. The summed E-state index contributed by atoms with van der Waals surface area (Å²) in [7, 11) is -3.82. The summed E-state index contributed by atoms with van der Waals surface area (Å²) in [5, 5.41) is 9.98. The molecule has 3 aromatic rings. The van der Waals surface area contributed by atoms with Crippen LogP contribution in [0.25, 0.3) is 10.6 Å². The van der Waals surface area contributed by atoms with Gasteiger partial charge in [-0.25, -0.2) is 8.42 Å². The van der Waals surface area contributed by atoms with E-state index in [1.165, 1.54) is 23.6 Å². The van der Waals surface area contributed by atoms with Crippen LogP contribution in [-0.2, 0) is 10.0 Å². The average molecular weight is 352 g/mol. The van der Waals surface area contributed by atoms with Crippen LogP contribution in [0.1, 0.15) is 25.6 Å². The average Bonchev–Trinajstić information content (AvgIpc) is 3.16. The minimum Gasteiger partial charge on any atom is -0.360 e. The fourth-order valence-corrected chi connectivity index (χ4v) is 3.95. The van der Waals surface area contributed by atoms with Gasteiger partial charge >= 0.3 is 0 Å². The molecule has 0 saturated heterocycles. The molecule has 23 heavy (non-hydrogen) atoms. The van der Waals surface area contributed by atoms with Gasteiger partial charge in [0, 0.05) is 18.3 Å². The third-order valence-corrected chi connectivity index (χ3v) is 5.37. The predicted octanol–water partition coefficient (Wildman–Crippen LogP) is 3.29. The first-order valence-electron chi connectivity index (χ1n) is 6.96. The molecule has 7 nitrogen and oxygen atoms in total. The molecule has 0 bridgehead atoms. The Labute approximate surface area is 138 Å². The number of nitrogens with zero attached hydrogens (tertiary/aromatic N) is 3. The van der Waals surface area contributed by atoms with Gasteiger partial charge in [-0.05, 0) is 32.2 Å². The molecule has 0 atom stereocenters. The van der Waals surface area contributed by atoms with Crippen LogP contribution in [0.4, 0.5) is 5.82 Å². The van der Waals surface area contributed by atoms with E-state index in [-0.39, 0.29) is 16.8 Å². The lowest BCUT2D eigenvalue weighted by atomic mass is 10.3. The normalized spacial score (nSPS) is 12.0. The second kappa shape index (κ2) is 5.82. The number of hydrogen-bond acceptors (Lipinski definition) is 6. The maximum Gasteiger partial charge on any atom is 0.266 e. The number of aryl methyl sites for hydroxylation is 1. The second-order valence-corrected chi connectivity index (χ2v) is 7.92. The number of rotatable bonds is 5. The second-order valence-electron chi connectivity index (χ2n) is 5.32. The lowest BCUT2D eigenvalue weighted by molar-refractivity contribution is 0.400. The van der Waals surface area contributed by atoms with Crippen LogP contribution < -0.4 is 4.72 Å². The third kappa shape index (κ3) is 3.15. The van der Waals surface area contributed by atoms with E-state index in [0.717, 1.165) is 4.88 Å². The highest BCUT2D eigenvalue weighted by Crippen LogP contribution is 2.31. The fourth-order valence-electron chi connectivity index (χ4n) is 2.03. The Morgan fingerprint density at radius 3 is 2.74 bits per heavy atom. The van der Waals surface area contributed by atoms with Gasteiger partial charge in [0.2, 0.25) is 0 Å². The van der Waals surface area contributed by atoms with E-state index in [1.807, 2.05) is 31.4 Å². The van der Waals surface area contributed by atoms with Crippen LogP contribution in [0.15, 0.2) is 39.2 Å². The molecule has 0 aromatic carbocycles. The highest BCUT2D eigenvalue weighted by molar-refractivity contribution is 7.92. The first kappa shape index (κ1) is 15.8. The van der Waals surface area contributed by atoms with Gasteiger partial charge in [0.1, 0.15) is 16.3 Å². The van der Waals surface area contributed by atoms with E-state index in [9.17, 15) is 8.42 Å². The van der Waals surface area contributed by atoms with Crippen LogP contribution in [-0.4, -0.2) is 23.4 Å². The molecule has 0 amide bonds. The van der Waals surface area contributed by atoms with Gasteiger partial charge in [0.25, 0.3) is 10.0 Å². The van der Waals surface area contributed by atoms with Crippen molar-refractivity contribution in [1.82, 2.24) is 14.9 Å². The zero-order valence-electron chi connectivity index (χ0n) is 12.8. The van der Waals surface area contributed by atoms with E-state index in [2.05, 4.69) is 15.0 Å². The molecule has 122 valence electrons. The molecule has 0 saturated carbocycles. The van der Waals surface area contributed by atoms with Gasteiger partial charge in [-0.1, -0.05) is 11.2 Å². The first-order chi connectivity index (χ1) is 10.9. The van der Waals surface area contributed by atoms with E-state index in [1.54, 1.807) is 11.6 Å². The standard InChI is InChI=1S/C14H16N4O3S2/c1-9(2)18-8-12(14(15-18)11-5-4-6-22-11)23(19,20)17-13-7-10(3)21-16-13/h4-9H,1-3H3,(H,16,17). The van der Waals surface area contributed by atoms with Gasteiger partial charge in [-0.3, -0.25) is 9.40 Å². The van der Waals surface area contributed by atoms with Crippen LogP contribution in [0.3, 0.4) is 0 Å². The van der Waals surface area contributed by atoms with Crippen molar-refractivity contribution >= 4 is 27.2 Å². The molecule has 1 N–H and O–H groups in total. The monoisotopic (exact) mass is 352 g/mol. The number of hydrogen-bond donors (Lipinski definition) is 1. The van der Waals surface area contributed by atoms with Crippen molar-refractivity contribution in [3.8, 4) is 10.6 Å². The Morgan fingerprint density at radius 1 is 1.39 bits per heavy atom. The van der Waals surface area contributed by atoms with Crippen molar-refractivity contribution in [2.75, 3.05) is 4.72 Å². The third-order valence-electron chi connectivity index (χ3n) is 3.14. The maximum atomic E-state index is 12.7. The van der Waals surface area contributed by atoms with E-state index >= 15 is 0 Å². The van der Waals surface area contributed by atoms with Crippen molar-refractivity contribution in [3.05, 3.63) is 35.5 Å². The molecule has 0 aliphatic rings. The van der Waals surface area contributed by atoms with Crippen molar-refractivity contribution in [2.24, 2.45) is 0 Å². The summed E-state index contributed by atoms with van der Waals surface area (Å²) in [4.78, 5) is 0.912. The molecule has 0 fully saturated rings. The fraction of sp³-hybridized carbons (Fsp3) is 0.286. The molecule has 0 radical (unpaired) electrons. The summed E-state index contributed by atoms with van der Waals surface area (Å²) in [5.41, 5.74) is 0.432. The Kier molecular flexibility index (Phi) is 3.99. The summed E-state index contributed by atoms with van der Waals surface area (Å²) in [6.07, 6.45) is 1.54. The van der Waals surface area contributed by atoms with Crippen LogP contribution >= 0.6 is 11.3 Å². The summed E-state index contributed by atoms with van der Waals surface area (Å²) < 4.78 is 34.4. The predicted molar refractivity (Wildman–Crippen MR) is 88.0 cm³/mol. The van der Waals surface area contributed by atoms with Gasteiger partial charge in [0.15, 0.2) is 5.82 Å².